The van der Waals surface area contributed by atoms with Gasteiger partial charge in [0.1, 0.15) is 0 Å². The Hall–Kier alpha value is -6.02. The van der Waals surface area contributed by atoms with Gasteiger partial charge in [0.15, 0.2) is 62.7 Å². The molecule has 6 rings (SSSR count). The van der Waals surface area contributed by atoms with E-state index in [0.717, 1.165) is 52.9 Å². The van der Waals surface area contributed by atoms with Gasteiger partial charge in [0.05, 0.1) is 18.5 Å². The average Bonchev–Trinajstić information content (AvgIpc) is 3.16. The first kappa shape index (κ1) is 34.8. The minimum absolute atomic E-state index is 0.0170. The van der Waals surface area contributed by atoms with Crippen LogP contribution in [0.2, 0.25) is 0 Å². The summed E-state index contributed by atoms with van der Waals surface area (Å²) >= 11 is 0. The molecule has 0 spiro atoms. The maximum absolute atomic E-state index is 12.6. The second-order valence-corrected chi connectivity index (χ2v) is 12.9. The van der Waals surface area contributed by atoms with Gasteiger partial charge in [0.2, 0.25) is 13.1 Å². The van der Waals surface area contributed by atoms with Gasteiger partial charge in [-0.3, -0.25) is 9.59 Å². The number of hydrogen-bond donors (Lipinski definition) is 2. The molecule has 8 nitrogen and oxygen atoms in total. The van der Waals surface area contributed by atoms with E-state index >= 15 is 0 Å². The minimum Gasteiger partial charge on any atom is -0.344 e. The molecule has 6 aromatic rings. The predicted molar refractivity (Wildman–Crippen MR) is 195 cm³/mol. The van der Waals surface area contributed by atoms with Crippen LogP contribution in [0, 0.1) is 0 Å². The van der Waals surface area contributed by atoms with Crippen LogP contribution in [0.25, 0.3) is 22.3 Å². The highest BCUT2D eigenvalue weighted by Crippen LogP contribution is 2.17. The second kappa shape index (κ2) is 17.1. The highest BCUT2D eigenvalue weighted by atomic mass is 16.2. The van der Waals surface area contributed by atoms with Gasteiger partial charge in [-0.05, 0) is 47.2 Å². The Morgan fingerprint density at radius 3 is 1.06 bits per heavy atom. The largest absolute Gasteiger partial charge is 0.344 e. The van der Waals surface area contributed by atoms with Crippen molar-refractivity contribution in [3.8, 4) is 22.3 Å². The molecule has 2 atom stereocenters. The van der Waals surface area contributed by atoms with Crippen LogP contribution in [0.4, 0.5) is 0 Å². The summed E-state index contributed by atoms with van der Waals surface area (Å²) in [5, 5.41) is 6.14. The molecule has 0 aliphatic heterocycles. The fourth-order valence-electron chi connectivity index (χ4n) is 6.10. The van der Waals surface area contributed by atoms with Crippen LogP contribution < -0.4 is 28.9 Å². The van der Waals surface area contributed by atoms with E-state index in [4.69, 9.17) is 0 Å². The molecule has 4 aromatic heterocycles. The standard InChI is InChI=1S/C43H44N6O2/c1-34(36-10-5-3-6-11-36)44-42(50)32-48-28-18-40(19-29-48)38-14-24-46(25-15-38)22-9-23-47-26-16-39(17-27-47)41-20-30-49(31-21-41)33-43(51)45-35(2)37-12-7-4-8-13-37/h3-8,10-21,24-31,34-35H,9,22-23,32-33H2,1-2H3/q+2/p+2/t34-,35-/m0/s1. The molecular weight excluding hydrogens is 633 g/mol. The molecule has 0 saturated heterocycles. The second-order valence-electron chi connectivity index (χ2n) is 12.9. The summed E-state index contributed by atoms with van der Waals surface area (Å²) in [5.74, 6) is -0.0339. The summed E-state index contributed by atoms with van der Waals surface area (Å²) < 4.78 is 8.22. The molecule has 0 unspecified atom stereocenters. The van der Waals surface area contributed by atoms with Crippen molar-refractivity contribution in [3.05, 3.63) is 170 Å². The van der Waals surface area contributed by atoms with E-state index in [2.05, 4.69) is 68.8 Å². The first-order chi connectivity index (χ1) is 24.9. The van der Waals surface area contributed by atoms with Crippen LogP contribution in [0.3, 0.4) is 0 Å². The minimum atomic E-state index is -0.0360. The Labute approximate surface area is 300 Å². The third kappa shape index (κ3) is 10.0. The maximum atomic E-state index is 12.6. The monoisotopic (exact) mass is 678 g/mol. The molecule has 256 valence electrons. The van der Waals surface area contributed by atoms with Crippen molar-refractivity contribution >= 4 is 11.8 Å². The molecule has 0 aliphatic carbocycles. The Morgan fingerprint density at radius 2 is 0.745 bits per heavy atom. The van der Waals surface area contributed by atoms with Crippen molar-refractivity contribution < 1.29 is 27.9 Å². The lowest BCUT2D eigenvalue weighted by Crippen LogP contribution is -2.43. The molecule has 2 amide bonds. The third-order valence-electron chi connectivity index (χ3n) is 9.07. The van der Waals surface area contributed by atoms with Gasteiger partial charge in [0.25, 0.3) is 11.8 Å². The highest BCUT2D eigenvalue weighted by Gasteiger charge is 2.16. The van der Waals surface area contributed by atoms with Crippen molar-refractivity contribution in [2.45, 2.75) is 58.5 Å². The van der Waals surface area contributed by atoms with Gasteiger partial charge in [-0.2, -0.15) is 9.13 Å². The molecule has 4 heterocycles. The van der Waals surface area contributed by atoms with Gasteiger partial charge in [-0.25, -0.2) is 9.13 Å². The van der Waals surface area contributed by atoms with Crippen molar-refractivity contribution in [2.24, 2.45) is 0 Å². The number of carbonyl (C=O) groups is 2. The quantitative estimate of drug-likeness (QED) is 0.159. The summed E-state index contributed by atoms with van der Waals surface area (Å²) in [6.45, 7) is 6.37. The number of carbonyl (C=O) groups excluding carboxylic acids is 2. The lowest BCUT2D eigenvalue weighted by atomic mass is 10.1. The molecule has 51 heavy (non-hydrogen) atoms. The lowest BCUT2D eigenvalue weighted by Gasteiger charge is -2.12. The molecule has 0 fully saturated rings. The summed E-state index contributed by atoms with van der Waals surface area (Å²) in [5.41, 5.74) is 6.68. The molecule has 0 bridgehead atoms. The van der Waals surface area contributed by atoms with E-state index in [0.29, 0.717) is 0 Å². The van der Waals surface area contributed by atoms with Gasteiger partial charge in [-0.15, -0.1) is 0 Å². The number of benzene rings is 2. The number of rotatable bonds is 14. The Kier molecular flexibility index (Phi) is 11.7. The van der Waals surface area contributed by atoms with Crippen LogP contribution in [0.5, 0.6) is 0 Å². The van der Waals surface area contributed by atoms with E-state index < -0.39 is 0 Å². The summed E-state index contributed by atoms with van der Waals surface area (Å²) in [4.78, 5) is 25.2. The van der Waals surface area contributed by atoms with Crippen LogP contribution in [0.15, 0.2) is 159 Å². The number of aromatic nitrogens is 4. The molecule has 0 radical (unpaired) electrons. The van der Waals surface area contributed by atoms with Crippen molar-refractivity contribution in [1.29, 1.82) is 0 Å². The van der Waals surface area contributed by atoms with E-state index in [1.165, 1.54) is 0 Å². The molecule has 0 aliphatic rings. The number of aryl methyl sites for hydroxylation is 2. The Balaban J connectivity index is 0.928. The smallest absolute Gasteiger partial charge is 0.286 e. The Morgan fingerprint density at radius 1 is 0.451 bits per heavy atom. The third-order valence-corrected chi connectivity index (χ3v) is 9.07. The zero-order valence-electron chi connectivity index (χ0n) is 29.3. The predicted octanol–water partition coefficient (Wildman–Crippen LogP) is 5.02. The molecule has 0 saturated carbocycles. The van der Waals surface area contributed by atoms with E-state index in [1.54, 1.807) is 0 Å². The fraction of sp³-hybridized carbons (Fsp3) is 0.209. The van der Waals surface area contributed by atoms with Gasteiger partial charge >= 0.3 is 0 Å². The average molecular weight is 679 g/mol. The van der Waals surface area contributed by atoms with Gasteiger partial charge < -0.3 is 10.6 Å². The van der Waals surface area contributed by atoms with Crippen LogP contribution in [0.1, 0.15) is 43.5 Å². The van der Waals surface area contributed by atoms with Crippen molar-refractivity contribution in [2.75, 3.05) is 0 Å². The summed E-state index contributed by atoms with van der Waals surface area (Å²) in [6.07, 6.45) is 17.3. The number of nitrogens with zero attached hydrogens (tertiary/aromatic N) is 4. The fourth-order valence-corrected chi connectivity index (χ4v) is 6.10. The van der Waals surface area contributed by atoms with Crippen molar-refractivity contribution in [3.63, 3.8) is 0 Å². The molecule has 2 aromatic carbocycles. The summed E-state index contributed by atoms with van der Waals surface area (Å²) in [6, 6.07) is 36.7. The van der Waals surface area contributed by atoms with Gasteiger partial charge in [0, 0.05) is 48.5 Å². The van der Waals surface area contributed by atoms with E-state index in [-0.39, 0.29) is 37.0 Å². The normalized spacial score (nSPS) is 12.1. The number of pyridine rings is 4. The molecular formula is C43H46N6O2+4. The van der Waals surface area contributed by atoms with E-state index in [9.17, 15) is 9.59 Å². The first-order valence-corrected chi connectivity index (χ1v) is 17.6. The van der Waals surface area contributed by atoms with Crippen LogP contribution >= 0.6 is 0 Å². The Bertz CT molecular complexity index is 1850. The zero-order valence-corrected chi connectivity index (χ0v) is 29.3. The zero-order chi connectivity index (χ0) is 35.4. The van der Waals surface area contributed by atoms with Crippen LogP contribution in [-0.2, 0) is 35.8 Å². The molecule has 2 N–H and O–H groups in total. The molecule has 8 heteroatoms. The highest BCUT2D eigenvalue weighted by molar-refractivity contribution is 5.75. The maximum Gasteiger partial charge on any atom is 0.286 e. The van der Waals surface area contributed by atoms with Gasteiger partial charge in [-0.1, -0.05) is 60.7 Å². The summed E-state index contributed by atoms with van der Waals surface area (Å²) in [7, 11) is 0. The van der Waals surface area contributed by atoms with E-state index in [1.807, 2.05) is 133 Å². The lowest BCUT2D eigenvalue weighted by molar-refractivity contribution is -0.726. The van der Waals surface area contributed by atoms with Crippen molar-refractivity contribution in [1.82, 2.24) is 10.6 Å². The van der Waals surface area contributed by atoms with Crippen LogP contribution in [-0.4, -0.2) is 11.8 Å². The number of amides is 2. The number of hydrogen-bond acceptors (Lipinski definition) is 2. The SMILES string of the molecule is C[C@H](NC(=O)C[n+]1ccc(-c2cc[n+](CCC[n+]3ccc(-c4cc[n+](CC(=O)N[C@@H](C)c5ccccc5)cc4)cc3)cc2)cc1)c1ccccc1. The number of nitrogens with one attached hydrogen (secondary N) is 2. The first-order valence-electron chi connectivity index (χ1n) is 17.6. The topological polar surface area (TPSA) is 73.7 Å².